The molecule has 150 valence electrons. The predicted molar refractivity (Wildman–Crippen MR) is 111 cm³/mol. The Labute approximate surface area is 167 Å². The van der Waals surface area contributed by atoms with Gasteiger partial charge >= 0.3 is 0 Å². The van der Waals surface area contributed by atoms with Gasteiger partial charge in [0.1, 0.15) is 18.1 Å². The van der Waals surface area contributed by atoms with Crippen LogP contribution in [0.4, 0.5) is 0 Å². The molecule has 2 rings (SSSR count). The van der Waals surface area contributed by atoms with E-state index in [2.05, 4.69) is 6.58 Å². The molecule has 0 saturated heterocycles. The van der Waals surface area contributed by atoms with Crippen LogP contribution in [0.3, 0.4) is 0 Å². The van der Waals surface area contributed by atoms with E-state index in [1.165, 1.54) is 0 Å². The Morgan fingerprint density at radius 2 is 1.82 bits per heavy atom. The first-order chi connectivity index (χ1) is 13.4. The smallest absolute Gasteiger partial charge is 0.242 e. The van der Waals surface area contributed by atoms with Crippen molar-refractivity contribution in [2.45, 2.75) is 33.7 Å². The molecule has 0 N–H and O–H groups in total. The van der Waals surface area contributed by atoms with Crippen LogP contribution in [0.5, 0.6) is 0 Å². The van der Waals surface area contributed by atoms with Crippen LogP contribution in [0, 0.1) is 12.8 Å². The average Bonchev–Trinajstić information content (AvgIpc) is 3.09. The molecule has 0 radical (unpaired) electrons. The van der Waals surface area contributed by atoms with Gasteiger partial charge in [-0.2, -0.15) is 0 Å². The molecule has 2 aromatic rings. The molecule has 5 nitrogen and oxygen atoms in total. The topological polar surface area (TPSA) is 53.8 Å². The standard InChI is InChI=1S/C23H30N2O3/c1-5-14-25(23(27)18(2)3)17-22(26)24(16-21-12-11-19(4)28-21)15-13-20-9-7-6-8-10-20/h5-12,18H,1,13-17H2,2-4H3. The zero-order chi connectivity index (χ0) is 20.5. The monoisotopic (exact) mass is 382 g/mol. The summed E-state index contributed by atoms with van der Waals surface area (Å²) in [4.78, 5) is 28.8. The Morgan fingerprint density at radius 1 is 1.11 bits per heavy atom. The molecule has 0 saturated carbocycles. The summed E-state index contributed by atoms with van der Waals surface area (Å²) in [5.74, 6) is 1.24. The molecule has 0 aliphatic rings. The highest BCUT2D eigenvalue weighted by molar-refractivity contribution is 5.85. The van der Waals surface area contributed by atoms with Gasteiger partial charge in [0.15, 0.2) is 0 Å². The molecule has 2 amide bonds. The summed E-state index contributed by atoms with van der Waals surface area (Å²) in [5, 5.41) is 0. The van der Waals surface area contributed by atoms with Crippen LogP contribution < -0.4 is 0 Å². The fraction of sp³-hybridized carbons (Fsp3) is 0.391. The van der Waals surface area contributed by atoms with E-state index in [1.54, 1.807) is 15.9 Å². The van der Waals surface area contributed by atoms with Crippen molar-refractivity contribution < 1.29 is 14.0 Å². The number of furan rings is 1. The van der Waals surface area contributed by atoms with Gasteiger partial charge < -0.3 is 14.2 Å². The van der Waals surface area contributed by atoms with Crippen LogP contribution in [0.1, 0.15) is 30.9 Å². The SMILES string of the molecule is C=CCN(CC(=O)N(CCc1ccccc1)Cc1ccc(C)o1)C(=O)C(C)C. The molecule has 0 unspecified atom stereocenters. The number of carbonyl (C=O) groups excluding carboxylic acids is 2. The molecule has 1 aromatic carbocycles. The molecule has 0 aliphatic carbocycles. The second-order valence-corrected chi connectivity index (χ2v) is 7.23. The average molecular weight is 383 g/mol. The molecule has 0 aliphatic heterocycles. The molecular formula is C23H30N2O3. The Kier molecular flexibility index (Phi) is 8.05. The van der Waals surface area contributed by atoms with Crippen LogP contribution in [-0.4, -0.2) is 41.2 Å². The summed E-state index contributed by atoms with van der Waals surface area (Å²) in [6.07, 6.45) is 2.39. The molecule has 28 heavy (non-hydrogen) atoms. The minimum atomic E-state index is -0.168. The van der Waals surface area contributed by atoms with Gasteiger partial charge in [-0.05, 0) is 31.0 Å². The maximum absolute atomic E-state index is 13.0. The zero-order valence-corrected chi connectivity index (χ0v) is 17.1. The highest BCUT2D eigenvalue weighted by Gasteiger charge is 2.23. The van der Waals surface area contributed by atoms with Crippen LogP contribution in [-0.2, 0) is 22.6 Å². The number of benzene rings is 1. The maximum Gasteiger partial charge on any atom is 0.242 e. The van der Waals surface area contributed by atoms with E-state index in [-0.39, 0.29) is 24.3 Å². The fourth-order valence-electron chi connectivity index (χ4n) is 2.98. The molecule has 1 aromatic heterocycles. The number of carbonyl (C=O) groups is 2. The molecule has 0 fully saturated rings. The Balaban J connectivity index is 2.11. The summed E-state index contributed by atoms with van der Waals surface area (Å²) in [5.41, 5.74) is 1.16. The minimum Gasteiger partial charge on any atom is -0.464 e. The third kappa shape index (κ3) is 6.41. The highest BCUT2D eigenvalue weighted by atomic mass is 16.3. The number of hydrogen-bond acceptors (Lipinski definition) is 3. The van der Waals surface area contributed by atoms with Crippen molar-refractivity contribution in [3.63, 3.8) is 0 Å². The van der Waals surface area contributed by atoms with Crippen molar-refractivity contribution in [3.05, 3.63) is 72.2 Å². The van der Waals surface area contributed by atoms with Gasteiger partial charge in [0, 0.05) is 19.0 Å². The van der Waals surface area contributed by atoms with E-state index in [9.17, 15) is 9.59 Å². The van der Waals surface area contributed by atoms with Crippen LogP contribution in [0.25, 0.3) is 0 Å². The largest absolute Gasteiger partial charge is 0.464 e. The van der Waals surface area contributed by atoms with Crippen molar-refractivity contribution in [1.82, 2.24) is 9.80 Å². The van der Waals surface area contributed by atoms with E-state index in [0.29, 0.717) is 19.6 Å². The Bertz CT molecular complexity index is 780. The lowest BCUT2D eigenvalue weighted by atomic mass is 10.1. The quantitative estimate of drug-likeness (QED) is 0.587. The van der Waals surface area contributed by atoms with Crippen molar-refractivity contribution >= 4 is 11.8 Å². The second kappa shape index (κ2) is 10.5. The minimum absolute atomic E-state index is 0.0392. The molecule has 5 heteroatoms. The molecule has 0 spiro atoms. The Morgan fingerprint density at radius 3 is 2.39 bits per heavy atom. The first-order valence-corrected chi connectivity index (χ1v) is 9.67. The lowest BCUT2D eigenvalue weighted by Crippen LogP contribution is -2.44. The number of aryl methyl sites for hydroxylation is 1. The highest BCUT2D eigenvalue weighted by Crippen LogP contribution is 2.12. The van der Waals surface area contributed by atoms with Crippen molar-refractivity contribution in [1.29, 1.82) is 0 Å². The summed E-state index contributed by atoms with van der Waals surface area (Å²) in [6.45, 7) is 10.6. The van der Waals surface area contributed by atoms with E-state index >= 15 is 0 Å². The first kappa shape index (κ1) is 21.5. The van der Waals surface area contributed by atoms with Gasteiger partial charge in [0.25, 0.3) is 0 Å². The number of nitrogens with zero attached hydrogens (tertiary/aromatic N) is 2. The predicted octanol–water partition coefficient (Wildman–Crippen LogP) is 3.83. The van der Waals surface area contributed by atoms with Crippen LogP contribution in [0.2, 0.25) is 0 Å². The van der Waals surface area contributed by atoms with E-state index < -0.39 is 0 Å². The van der Waals surface area contributed by atoms with E-state index in [1.807, 2.05) is 63.2 Å². The number of hydrogen-bond donors (Lipinski definition) is 0. The van der Waals surface area contributed by atoms with Crippen molar-refractivity contribution in [2.75, 3.05) is 19.6 Å². The third-order valence-corrected chi connectivity index (χ3v) is 4.49. The first-order valence-electron chi connectivity index (χ1n) is 9.67. The van der Waals surface area contributed by atoms with Crippen LogP contribution >= 0.6 is 0 Å². The molecule has 0 bridgehead atoms. The van der Waals surface area contributed by atoms with Gasteiger partial charge in [-0.3, -0.25) is 9.59 Å². The zero-order valence-electron chi connectivity index (χ0n) is 17.1. The Hall–Kier alpha value is -2.82. The summed E-state index contributed by atoms with van der Waals surface area (Å²) >= 11 is 0. The molecule has 1 heterocycles. The van der Waals surface area contributed by atoms with Gasteiger partial charge in [-0.15, -0.1) is 6.58 Å². The second-order valence-electron chi connectivity index (χ2n) is 7.23. The van der Waals surface area contributed by atoms with Crippen LogP contribution in [0.15, 0.2) is 59.5 Å². The summed E-state index contributed by atoms with van der Waals surface area (Å²) < 4.78 is 5.66. The van der Waals surface area contributed by atoms with Gasteiger partial charge in [-0.25, -0.2) is 0 Å². The number of rotatable bonds is 10. The lowest BCUT2D eigenvalue weighted by molar-refractivity contribution is -0.142. The summed E-state index contributed by atoms with van der Waals surface area (Å²) in [6, 6.07) is 13.8. The van der Waals surface area contributed by atoms with E-state index in [0.717, 1.165) is 23.5 Å². The number of amides is 2. The van der Waals surface area contributed by atoms with Gasteiger partial charge in [-0.1, -0.05) is 50.3 Å². The normalized spacial score (nSPS) is 10.7. The van der Waals surface area contributed by atoms with Crippen molar-refractivity contribution in [3.8, 4) is 0 Å². The third-order valence-electron chi connectivity index (χ3n) is 4.49. The van der Waals surface area contributed by atoms with E-state index in [4.69, 9.17) is 4.42 Å². The lowest BCUT2D eigenvalue weighted by Gasteiger charge is -2.27. The summed E-state index contributed by atoms with van der Waals surface area (Å²) in [7, 11) is 0. The van der Waals surface area contributed by atoms with Crippen molar-refractivity contribution in [2.24, 2.45) is 5.92 Å². The van der Waals surface area contributed by atoms with Gasteiger partial charge in [0.05, 0.1) is 6.54 Å². The molecular weight excluding hydrogens is 352 g/mol. The fourth-order valence-corrected chi connectivity index (χ4v) is 2.98. The molecule has 0 atom stereocenters. The maximum atomic E-state index is 13.0. The van der Waals surface area contributed by atoms with Gasteiger partial charge in [0.2, 0.25) is 11.8 Å².